The lowest BCUT2D eigenvalue weighted by Gasteiger charge is -2.58. The molecular weight excluding hydrogens is 642 g/mol. The number of hydrogen-bond acceptors (Lipinski definition) is 10. The zero-order valence-corrected chi connectivity index (χ0v) is 29.7. The predicted molar refractivity (Wildman–Crippen MR) is 187 cm³/mol. The van der Waals surface area contributed by atoms with Gasteiger partial charge in [0, 0.05) is 73.2 Å². The second kappa shape index (κ2) is 12.8. The summed E-state index contributed by atoms with van der Waals surface area (Å²) in [5.74, 6) is 2.86. The fourth-order valence-corrected chi connectivity index (χ4v) is 10.4. The lowest BCUT2D eigenvalue weighted by Crippen LogP contribution is -2.65. The maximum Gasteiger partial charge on any atom is 0.282 e. The lowest BCUT2D eigenvalue weighted by molar-refractivity contribution is -0.0813. The minimum atomic E-state index is -2.94. The quantitative estimate of drug-likeness (QED) is 0.269. The van der Waals surface area contributed by atoms with Gasteiger partial charge >= 0.3 is 0 Å². The maximum absolute atomic E-state index is 14.6. The number of likely N-dealkylation sites (tertiary alicyclic amines) is 2. The molecule has 3 aromatic rings. The Morgan fingerprint density at radius 2 is 1.76 bits per heavy atom. The summed E-state index contributed by atoms with van der Waals surface area (Å²) in [6, 6.07) is 9.63. The lowest BCUT2D eigenvalue weighted by atomic mass is 9.68. The number of ether oxygens (including phenoxy) is 1. The van der Waals surface area contributed by atoms with E-state index in [1.54, 1.807) is 12.3 Å². The number of benzene rings is 1. The van der Waals surface area contributed by atoms with Gasteiger partial charge in [0.1, 0.15) is 27.7 Å². The third-order valence-electron chi connectivity index (χ3n) is 12.0. The maximum atomic E-state index is 14.6. The molecule has 2 aromatic heterocycles. The highest BCUT2D eigenvalue weighted by Crippen LogP contribution is 2.49. The van der Waals surface area contributed by atoms with E-state index in [-0.39, 0.29) is 16.5 Å². The fourth-order valence-electron chi connectivity index (χ4n) is 9.32. The summed E-state index contributed by atoms with van der Waals surface area (Å²) in [5, 5.41) is 8.28. The zero-order chi connectivity index (χ0) is 33.9. The van der Waals surface area contributed by atoms with Crippen LogP contribution in [0, 0.1) is 23.1 Å². The first-order valence-electron chi connectivity index (χ1n) is 18.1. The van der Waals surface area contributed by atoms with Crippen molar-refractivity contribution in [2.45, 2.75) is 82.0 Å². The number of sulfone groups is 1. The molecule has 0 N–H and O–H groups in total. The van der Waals surface area contributed by atoms with Gasteiger partial charge < -0.3 is 14.5 Å². The van der Waals surface area contributed by atoms with E-state index in [0.717, 1.165) is 82.6 Å². The minimum Gasteiger partial charge on any atom is -0.434 e. The molecule has 8 rings (SSSR count). The number of hydrogen-bond donors (Lipinski definition) is 0. The van der Waals surface area contributed by atoms with Gasteiger partial charge in [0.2, 0.25) is 0 Å². The van der Waals surface area contributed by atoms with E-state index in [2.05, 4.69) is 48.7 Å². The van der Waals surface area contributed by atoms with Crippen molar-refractivity contribution in [3.8, 4) is 22.8 Å². The molecule has 5 fully saturated rings. The van der Waals surface area contributed by atoms with Crippen LogP contribution in [0.5, 0.6) is 11.6 Å². The first kappa shape index (κ1) is 33.0. The van der Waals surface area contributed by atoms with E-state index in [1.165, 1.54) is 37.6 Å². The number of nitrogens with zero attached hydrogens (tertiary/aromatic N) is 7. The average molecular weight is 690 g/mol. The molecule has 0 unspecified atom stereocenters. The van der Waals surface area contributed by atoms with Crippen LogP contribution >= 0.6 is 0 Å². The molecule has 10 nitrogen and oxygen atoms in total. The molecule has 0 amide bonds. The Kier molecular flexibility index (Phi) is 8.63. The van der Waals surface area contributed by atoms with E-state index >= 15 is 0 Å². The molecule has 2 saturated carbocycles. The normalized spacial score (nSPS) is 25.4. The van der Waals surface area contributed by atoms with Gasteiger partial charge in [-0.15, -0.1) is 10.2 Å². The Morgan fingerprint density at radius 1 is 0.980 bits per heavy atom. The smallest absolute Gasteiger partial charge is 0.282 e. The molecule has 1 atom stereocenters. The Balaban J connectivity index is 0.916. The van der Waals surface area contributed by atoms with Crippen LogP contribution in [0.4, 0.5) is 10.2 Å². The number of aromatic nitrogens is 4. The van der Waals surface area contributed by atoms with Crippen molar-refractivity contribution in [1.82, 2.24) is 30.0 Å². The van der Waals surface area contributed by atoms with Gasteiger partial charge in [-0.05, 0) is 94.1 Å². The minimum absolute atomic E-state index is 0.167. The Labute approximate surface area is 289 Å². The molecule has 1 spiro atoms. The molecule has 12 heteroatoms. The van der Waals surface area contributed by atoms with E-state index in [0.29, 0.717) is 52.8 Å². The van der Waals surface area contributed by atoms with Crippen molar-refractivity contribution in [3.63, 3.8) is 0 Å². The van der Waals surface area contributed by atoms with Gasteiger partial charge in [-0.25, -0.2) is 17.8 Å². The summed E-state index contributed by atoms with van der Waals surface area (Å²) in [5.41, 5.74) is 2.75. The predicted octanol–water partition coefficient (Wildman–Crippen LogP) is 5.57. The molecule has 3 aliphatic heterocycles. The fraction of sp³-hybridized carbons (Fsp3) is 0.622. The molecule has 0 bridgehead atoms. The van der Waals surface area contributed by atoms with Crippen LogP contribution < -0.4 is 9.64 Å². The van der Waals surface area contributed by atoms with Gasteiger partial charge in [0.15, 0.2) is 5.82 Å². The number of anilines is 1. The van der Waals surface area contributed by atoms with Crippen LogP contribution in [0.3, 0.4) is 0 Å². The molecule has 5 heterocycles. The molecule has 262 valence electrons. The number of pyridine rings is 1. The van der Waals surface area contributed by atoms with Gasteiger partial charge in [0.05, 0.1) is 10.9 Å². The summed E-state index contributed by atoms with van der Waals surface area (Å²) < 4.78 is 45.1. The number of halogens is 1. The third kappa shape index (κ3) is 6.56. The van der Waals surface area contributed by atoms with Crippen molar-refractivity contribution >= 4 is 15.7 Å². The summed E-state index contributed by atoms with van der Waals surface area (Å²) in [6.07, 6.45) is 11.9. The number of piperidine rings is 1. The molecule has 0 radical (unpaired) electrons. The van der Waals surface area contributed by atoms with Gasteiger partial charge in [-0.1, -0.05) is 19.9 Å². The van der Waals surface area contributed by atoms with Crippen LogP contribution in [0.2, 0.25) is 0 Å². The van der Waals surface area contributed by atoms with Crippen molar-refractivity contribution in [3.05, 3.63) is 54.4 Å². The van der Waals surface area contributed by atoms with E-state index in [9.17, 15) is 12.8 Å². The highest BCUT2D eigenvalue weighted by atomic mass is 32.2. The highest BCUT2D eigenvalue weighted by Gasteiger charge is 2.53. The topological polar surface area (TPSA) is 105 Å². The summed E-state index contributed by atoms with van der Waals surface area (Å²) in [6.45, 7) is 10.4. The first-order chi connectivity index (χ1) is 23.6. The van der Waals surface area contributed by atoms with Crippen LogP contribution in [-0.2, 0) is 9.84 Å². The Hall–Kier alpha value is -3.22. The van der Waals surface area contributed by atoms with Gasteiger partial charge in [-0.3, -0.25) is 9.88 Å². The van der Waals surface area contributed by atoms with Crippen molar-refractivity contribution in [1.29, 1.82) is 0 Å². The Morgan fingerprint density at radius 3 is 2.47 bits per heavy atom. The standard InChI is InChI=1S/C37H48FN7O3S/c1-24(2)34(26-17-28(18-26)43-14-10-29(11-15-43)49(3,46)47)45-21-37(22-45)12-16-44(20-37)35-36(42-41-23-40-35)48-32-9-8-27(38)19-31(32)30-5-4-13-39-33(30)25-6-7-25/h4-5,8-9,13,19,23-26,28-29,34H,6-7,10-12,14-18,20-22H2,1-3H3/t26?,28?,34-/m0/s1. The van der Waals surface area contributed by atoms with Crippen molar-refractivity contribution in [2.75, 3.05) is 50.4 Å². The highest BCUT2D eigenvalue weighted by molar-refractivity contribution is 7.91. The summed E-state index contributed by atoms with van der Waals surface area (Å²) in [7, 11) is -2.94. The molecule has 49 heavy (non-hydrogen) atoms. The molecular formula is C37H48FN7O3S. The third-order valence-corrected chi connectivity index (χ3v) is 13.6. The largest absolute Gasteiger partial charge is 0.434 e. The molecule has 1 aromatic carbocycles. The van der Waals surface area contributed by atoms with Gasteiger partial charge in [0.25, 0.3) is 5.88 Å². The van der Waals surface area contributed by atoms with Gasteiger partial charge in [-0.2, -0.15) is 0 Å². The van der Waals surface area contributed by atoms with E-state index < -0.39 is 9.84 Å². The van der Waals surface area contributed by atoms with E-state index in [1.807, 2.05) is 12.1 Å². The van der Waals surface area contributed by atoms with Crippen LogP contribution in [0.1, 0.15) is 70.4 Å². The van der Waals surface area contributed by atoms with Crippen LogP contribution in [-0.4, -0.2) is 101 Å². The molecule has 2 aliphatic carbocycles. The van der Waals surface area contributed by atoms with Crippen molar-refractivity contribution in [2.24, 2.45) is 17.3 Å². The molecule has 5 aliphatic rings. The SMILES string of the molecule is CC(C)[C@@H](C1CC(N2CCC(S(C)(=O)=O)CC2)C1)N1CC2(CCN(c3ncnnc3Oc3ccc(F)cc3-c3cccnc3C3CC3)C2)C1. The second-order valence-corrected chi connectivity index (χ2v) is 18.1. The second-order valence-electron chi connectivity index (χ2n) is 15.8. The zero-order valence-electron chi connectivity index (χ0n) is 28.8. The van der Waals surface area contributed by atoms with Crippen LogP contribution in [0.15, 0.2) is 42.9 Å². The summed E-state index contributed by atoms with van der Waals surface area (Å²) >= 11 is 0. The number of rotatable bonds is 10. The first-order valence-corrected chi connectivity index (χ1v) is 20.0. The van der Waals surface area contributed by atoms with Crippen molar-refractivity contribution < 1.29 is 17.5 Å². The Bertz CT molecular complexity index is 1780. The summed E-state index contributed by atoms with van der Waals surface area (Å²) in [4.78, 5) is 16.8. The average Bonchev–Trinajstić information content (AvgIpc) is 3.80. The van der Waals surface area contributed by atoms with Crippen LogP contribution in [0.25, 0.3) is 11.1 Å². The van der Waals surface area contributed by atoms with E-state index in [4.69, 9.17) is 4.74 Å². The molecule has 3 saturated heterocycles. The monoisotopic (exact) mass is 689 g/mol.